The monoisotopic (exact) mass is 373 g/mol. The molecule has 1 aliphatic heterocycles. The molecule has 8 heteroatoms. The number of nitrogens with zero attached hydrogens (tertiary/aromatic N) is 4. The normalized spacial score (nSPS) is 14.7. The van der Waals surface area contributed by atoms with E-state index < -0.39 is 5.97 Å². The molecule has 4 rings (SSSR count). The molecular weight excluding hydrogens is 358 g/mol. The SMILES string of the molecule is CC(=O)Nc1ccc(C2=N/C(=C/c3ccc(-n4cncn4)cc3)C(=O)O2)cc1. The fraction of sp³-hybridized carbons (Fsp3) is 0.0500. The Morgan fingerprint density at radius 3 is 2.50 bits per heavy atom. The van der Waals surface area contributed by atoms with E-state index in [0.29, 0.717) is 11.3 Å². The van der Waals surface area contributed by atoms with Gasteiger partial charge in [0.1, 0.15) is 12.7 Å². The first-order valence-electron chi connectivity index (χ1n) is 8.44. The fourth-order valence-corrected chi connectivity index (χ4v) is 2.65. The van der Waals surface area contributed by atoms with Gasteiger partial charge in [0.2, 0.25) is 11.8 Å². The van der Waals surface area contributed by atoms with Crippen molar-refractivity contribution in [2.75, 3.05) is 5.32 Å². The van der Waals surface area contributed by atoms with Crippen LogP contribution in [0.15, 0.2) is 71.9 Å². The van der Waals surface area contributed by atoms with Crippen molar-refractivity contribution in [2.45, 2.75) is 6.92 Å². The van der Waals surface area contributed by atoms with Gasteiger partial charge in [0, 0.05) is 18.2 Å². The van der Waals surface area contributed by atoms with E-state index in [2.05, 4.69) is 20.4 Å². The third-order valence-corrected chi connectivity index (χ3v) is 3.95. The first-order chi connectivity index (χ1) is 13.6. The van der Waals surface area contributed by atoms with E-state index in [1.165, 1.54) is 13.3 Å². The molecule has 28 heavy (non-hydrogen) atoms. The lowest BCUT2D eigenvalue weighted by Crippen LogP contribution is -2.07. The molecule has 2 aromatic carbocycles. The molecule has 0 fully saturated rings. The van der Waals surface area contributed by atoms with Gasteiger partial charge < -0.3 is 10.1 Å². The smallest absolute Gasteiger partial charge is 0.363 e. The van der Waals surface area contributed by atoms with E-state index in [1.54, 1.807) is 41.4 Å². The molecular formula is C20H15N5O3. The molecule has 0 radical (unpaired) electrons. The van der Waals surface area contributed by atoms with Crippen molar-refractivity contribution in [3.8, 4) is 5.69 Å². The molecule has 2 heterocycles. The summed E-state index contributed by atoms with van der Waals surface area (Å²) in [6, 6.07) is 14.3. The summed E-state index contributed by atoms with van der Waals surface area (Å²) in [5.74, 6) is -0.441. The number of carbonyl (C=O) groups excluding carboxylic acids is 2. The van der Waals surface area contributed by atoms with Crippen LogP contribution < -0.4 is 5.32 Å². The maximum atomic E-state index is 12.1. The number of anilines is 1. The van der Waals surface area contributed by atoms with Gasteiger partial charge in [0.05, 0.1) is 5.69 Å². The lowest BCUT2D eigenvalue weighted by Gasteiger charge is -2.03. The van der Waals surface area contributed by atoms with Crippen molar-refractivity contribution in [3.05, 3.63) is 78.0 Å². The zero-order chi connectivity index (χ0) is 19.5. The van der Waals surface area contributed by atoms with Crippen molar-refractivity contribution in [1.29, 1.82) is 0 Å². The number of cyclic esters (lactones) is 1. The van der Waals surface area contributed by atoms with Crippen LogP contribution in [-0.2, 0) is 14.3 Å². The zero-order valence-electron chi connectivity index (χ0n) is 14.9. The number of esters is 1. The maximum Gasteiger partial charge on any atom is 0.363 e. The lowest BCUT2D eigenvalue weighted by atomic mass is 10.2. The van der Waals surface area contributed by atoms with Gasteiger partial charge in [-0.05, 0) is 48.0 Å². The van der Waals surface area contributed by atoms with Gasteiger partial charge in [0.15, 0.2) is 5.70 Å². The number of ether oxygens (including phenoxy) is 1. The van der Waals surface area contributed by atoms with E-state index >= 15 is 0 Å². The second kappa shape index (κ2) is 7.28. The minimum Gasteiger partial charge on any atom is -0.402 e. The standard InChI is InChI=1S/C20H15N5O3/c1-13(26)23-16-6-4-15(5-7-16)19-24-18(20(27)28-19)10-14-2-8-17(9-3-14)25-12-21-11-22-25/h2-12H,1H3,(H,23,26)/b18-10+. The molecule has 0 spiro atoms. The van der Waals surface area contributed by atoms with E-state index in [9.17, 15) is 9.59 Å². The van der Waals surface area contributed by atoms with E-state index in [0.717, 1.165) is 11.3 Å². The number of nitrogens with one attached hydrogen (secondary N) is 1. The molecule has 1 amide bonds. The van der Waals surface area contributed by atoms with Crippen LogP contribution in [0.25, 0.3) is 11.8 Å². The van der Waals surface area contributed by atoms with Crippen molar-refractivity contribution >= 4 is 29.5 Å². The van der Waals surface area contributed by atoms with Crippen molar-refractivity contribution in [2.24, 2.45) is 4.99 Å². The third-order valence-electron chi connectivity index (χ3n) is 3.95. The molecule has 8 nitrogen and oxygen atoms in total. The number of benzene rings is 2. The number of hydrogen-bond donors (Lipinski definition) is 1. The zero-order valence-corrected chi connectivity index (χ0v) is 14.9. The summed E-state index contributed by atoms with van der Waals surface area (Å²) in [4.78, 5) is 31.4. The van der Waals surface area contributed by atoms with Gasteiger partial charge in [-0.15, -0.1) is 0 Å². The molecule has 0 unspecified atom stereocenters. The van der Waals surface area contributed by atoms with E-state index in [-0.39, 0.29) is 17.5 Å². The van der Waals surface area contributed by atoms with Gasteiger partial charge in [-0.3, -0.25) is 4.79 Å². The summed E-state index contributed by atoms with van der Waals surface area (Å²) in [6.07, 6.45) is 4.73. The molecule has 0 bridgehead atoms. The molecule has 0 saturated carbocycles. The van der Waals surface area contributed by atoms with Crippen LogP contribution in [-0.4, -0.2) is 32.5 Å². The Morgan fingerprint density at radius 2 is 1.86 bits per heavy atom. The highest BCUT2D eigenvalue weighted by Crippen LogP contribution is 2.21. The molecule has 1 N–H and O–H groups in total. The number of aliphatic imine (C=N–C) groups is 1. The minimum absolute atomic E-state index is 0.155. The number of amides is 1. The highest BCUT2D eigenvalue weighted by Gasteiger charge is 2.24. The van der Waals surface area contributed by atoms with Crippen LogP contribution in [0.5, 0.6) is 0 Å². The van der Waals surface area contributed by atoms with Gasteiger partial charge in [-0.25, -0.2) is 19.5 Å². The number of aromatic nitrogens is 3. The van der Waals surface area contributed by atoms with Crippen LogP contribution in [0.4, 0.5) is 5.69 Å². The largest absolute Gasteiger partial charge is 0.402 e. The summed E-state index contributed by atoms with van der Waals surface area (Å²) in [6.45, 7) is 1.44. The van der Waals surface area contributed by atoms with Gasteiger partial charge in [-0.2, -0.15) is 5.10 Å². The Morgan fingerprint density at radius 1 is 1.11 bits per heavy atom. The Bertz CT molecular complexity index is 1080. The molecule has 138 valence electrons. The first kappa shape index (κ1) is 17.3. The molecule has 1 aliphatic rings. The predicted octanol–water partition coefficient (Wildman–Crippen LogP) is 2.57. The average Bonchev–Trinajstić information content (AvgIpc) is 3.33. The van der Waals surface area contributed by atoms with Crippen LogP contribution >= 0.6 is 0 Å². The second-order valence-corrected chi connectivity index (χ2v) is 6.03. The Kier molecular flexibility index (Phi) is 4.51. The van der Waals surface area contributed by atoms with Gasteiger partial charge in [-0.1, -0.05) is 12.1 Å². The van der Waals surface area contributed by atoms with E-state index in [1.807, 2.05) is 24.3 Å². The maximum absolute atomic E-state index is 12.1. The molecule has 3 aromatic rings. The molecule has 0 aliphatic carbocycles. The third kappa shape index (κ3) is 3.70. The predicted molar refractivity (Wildman–Crippen MR) is 103 cm³/mol. The van der Waals surface area contributed by atoms with Crippen molar-refractivity contribution < 1.29 is 14.3 Å². The first-order valence-corrected chi connectivity index (χ1v) is 8.44. The summed E-state index contributed by atoms with van der Waals surface area (Å²) < 4.78 is 6.91. The quantitative estimate of drug-likeness (QED) is 0.560. The van der Waals surface area contributed by atoms with Crippen molar-refractivity contribution in [1.82, 2.24) is 14.8 Å². The summed E-state index contributed by atoms with van der Waals surface area (Å²) in [7, 11) is 0. The Labute approximate surface area is 160 Å². The summed E-state index contributed by atoms with van der Waals surface area (Å²) >= 11 is 0. The highest BCUT2D eigenvalue weighted by molar-refractivity contribution is 6.13. The van der Waals surface area contributed by atoms with Crippen LogP contribution in [0.3, 0.4) is 0 Å². The lowest BCUT2D eigenvalue weighted by molar-refractivity contribution is -0.129. The fourth-order valence-electron chi connectivity index (χ4n) is 2.65. The second-order valence-electron chi connectivity index (χ2n) is 6.03. The summed E-state index contributed by atoms with van der Waals surface area (Å²) in [5.41, 5.74) is 3.19. The topological polar surface area (TPSA) is 98.5 Å². The number of hydrogen-bond acceptors (Lipinski definition) is 6. The Hall–Kier alpha value is -4.07. The van der Waals surface area contributed by atoms with Crippen LogP contribution in [0.2, 0.25) is 0 Å². The molecule has 0 atom stereocenters. The van der Waals surface area contributed by atoms with Gasteiger partial charge in [0.25, 0.3) is 0 Å². The molecule has 1 aromatic heterocycles. The number of rotatable bonds is 4. The van der Waals surface area contributed by atoms with Crippen LogP contribution in [0.1, 0.15) is 18.1 Å². The van der Waals surface area contributed by atoms with Gasteiger partial charge >= 0.3 is 5.97 Å². The molecule has 0 saturated heterocycles. The average molecular weight is 373 g/mol. The minimum atomic E-state index is -0.513. The van der Waals surface area contributed by atoms with Crippen LogP contribution in [0, 0.1) is 0 Å². The van der Waals surface area contributed by atoms with E-state index in [4.69, 9.17) is 4.74 Å². The van der Waals surface area contributed by atoms with Crippen molar-refractivity contribution in [3.63, 3.8) is 0 Å². The summed E-state index contributed by atoms with van der Waals surface area (Å²) in [5, 5.41) is 6.75. The number of carbonyl (C=O) groups is 2. The highest BCUT2D eigenvalue weighted by atomic mass is 16.6. The Balaban J connectivity index is 1.54.